The molecule has 1 aliphatic rings. The summed E-state index contributed by atoms with van der Waals surface area (Å²) in [5, 5.41) is 9.90. The number of hydrogen-bond donors (Lipinski definition) is 2. The van der Waals surface area contributed by atoms with E-state index in [-0.39, 0.29) is 29.9 Å². The Morgan fingerprint density at radius 1 is 1.23 bits per heavy atom. The molecule has 31 heavy (non-hydrogen) atoms. The predicted molar refractivity (Wildman–Crippen MR) is 107 cm³/mol. The third-order valence-corrected chi connectivity index (χ3v) is 4.49. The van der Waals surface area contributed by atoms with E-state index in [2.05, 4.69) is 25.7 Å². The standard InChI is InChI=1S/C19H17F3N6O2.ClH/c20-19(21,22)16-7-17(25-11-24-16)28-10-13(8-26-28)18(29)27-14-3-1-12(2-4-14)15-9-23-5-6-30-15;/h1-4,7-8,10-11,15,23H,5-6,9H2,(H,27,29);1H/t15-;/m1./s1. The van der Waals surface area contributed by atoms with Crippen LogP contribution in [0.25, 0.3) is 5.82 Å². The second kappa shape index (κ2) is 9.41. The van der Waals surface area contributed by atoms with E-state index in [0.717, 1.165) is 35.7 Å². The van der Waals surface area contributed by atoms with Crippen LogP contribution in [-0.4, -0.2) is 45.4 Å². The highest BCUT2D eigenvalue weighted by Crippen LogP contribution is 2.28. The summed E-state index contributed by atoms with van der Waals surface area (Å²) in [7, 11) is 0. The molecule has 0 spiro atoms. The Bertz CT molecular complexity index is 1040. The van der Waals surface area contributed by atoms with Crippen molar-refractivity contribution in [2.24, 2.45) is 0 Å². The van der Waals surface area contributed by atoms with Crippen molar-refractivity contribution < 1.29 is 22.7 Å². The average molecular weight is 455 g/mol. The van der Waals surface area contributed by atoms with Crippen molar-refractivity contribution in [3.8, 4) is 5.82 Å². The minimum Gasteiger partial charge on any atom is -0.371 e. The first-order valence-electron chi connectivity index (χ1n) is 9.08. The molecule has 1 atom stereocenters. The van der Waals surface area contributed by atoms with Gasteiger partial charge in [-0.05, 0) is 17.7 Å². The Kier molecular flexibility index (Phi) is 6.88. The van der Waals surface area contributed by atoms with Gasteiger partial charge >= 0.3 is 6.18 Å². The number of halogens is 4. The average Bonchev–Trinajstić information content (AvgIpc) is 3.25. The van der Waals surface area contributed by atoms with Crippen LogP contribution in [0.1, 0.15) is 27.7 Å². The Balaban J connectivity index is 0.00000272. The molecule has 0 saturated carbocycles. The molecule has 8 nitrogen and oxygen atoms in total. The molecule has 0 aliphatic carbocycles. The van der Waals surface area contributed by atoms with Gasteiger partial charge < -0.3 is 15.4 Å². The number of nitrogens with zero attached hydrogens (tertiary/aromatic N) is 4. The number of anilines is 1. The number of aromatic nitrogens is 4. The first-order chi connectivity index (χ1) is 14.4. The minimum atomic E-state index is -4.60. The van der Waals surface area contributed by atoms with Crippen molar-refractivity contribution in [2.45, 2.75) is 12.3 Å². The zero-order chi connectivity index (χ0) is 21.1. The van der Waals surface area contributed by atoms with E-state index in [1.165, 1.54) is 12.4 Å². The molecule has 1 aliphatic heterocycles. The summed E-state index contributed by atoms with van der Waals surface area (Å²) in [6, 6.07) is 8.02. The topological polar surface area (TPSA) is 94.0 Å². The molecule has 2 aromatic heterocycles. The van der Waals surface area contributed by atoms with E-state index in [0.29, 0.717) is 12.3 Å². The maximum absolute atomic E-state index is 12.8. The molecule has 1 amide bonds. The summed E-state index contributed by atoms with van der Waals surface area (Å²) in [4.78, 5) is 19.4. The van der Waals surface area contributed by atoms with E-state index in [4.69, 9.17) is 4.74 Å². The number of nitrogens with one attached hydrogen (secondary N) is 2. The van der Waals surface area contributed by atoms with Gasteiger partial charge in [-0.1, -0.05) is 12.1 Å². The summed E-state index contributed by atoms with van der Waals surface area (Å²) in [5.74, 6) is -0.545. The Morgan fingerprint density at radius 3 is 2.68 bits per heavy atom. The summed E-state index contributed by atoms with van der Waals surface area (Å²) in [6.07, 6.45) is -1.28. The van der Waals surface area contributed by atoms with Gasteiger partial charge in [-0.25, -0.2) is 14.6 Å². The molecule has 2 N–H and O–H groups in total. The van der Waals surface area contributed by atoms with Crippen LogP contribution < -0.4 is 10.6 Å². The van der Waals surface area contributed by atoms with E-state index >= 15 is 0 Å². The third-order valence-electron chi connectivity index (χ3n) is 4.49. The smallest absolute Gasteiger partial charge is 0.371 e. The van der Waals surface area contributed by atoms with E-state index in [1.54, 1.807) is 12.1 Å². The van der Waals surface area contributed by atoms with Gasteiger partial charge in [0.25, 0.3) is 5.91 Å². The molecule has 1 saturated heterocycles. The molecule has 3 aromatic rings. The molecule has 164 valence electrons. The number of amides is 1. The second-order valence-electron chi connectivity index (χ2n) is 6.57. The molecule has 12 heteroatoms. The Hall–Kier alpha value is -3.02. The first-order valence-corrected chi connectivity index (χ1v) is 9.08. The second-order valence-corrected chi connectivity index (χ2v) is 6.57. The summed E-state index contributed by atoms with van der Waals surface area (Å²) < 4.78 is 45.2. The van der Waals surface area contributed by atoms with Gasteiger partial charge in [0, 0.05) is 31.0 Å². The largest absolute Gasteiger partial charge is 0.433 e. The first kappa shape index (κ1) is 22.7. The minimum absolute atomic E-state index is 0. The number of benzene rings is 1. The van der Waals surface area contributed by atoms with Crippen LogP contribution in [0.15, 0.2) is 49.1 Å². The van der Waals surface area contributed by atoms with Crippen molar-refractivity contribution in [3.63, 3.8) is 0 Å². The highest BCUT2D eigenvalue weighted by atomic mass is 35.5. The van der Waals surface area contributed by atoms with Crippen LogP contribution in [0.2, 0.25) is 0 Å². The van der Waals surface area contributed by atoms with E-state index in [9.17, 15) is 18.0 Å². The van der Waals surface area contributed by atoms with Gasteiger partial charge in [-0.15, -0.1) is 12.4 Å². The van der Waals surface area contributed by atoms with Crippen molar-refractivity contribution in [1.29, 1.82) is 0 Å². The maximum Gasteiger partial charge on any atom is 0.433 e. The normalized spacial score (nSPS) is 16.4. The van der Waals surface area contributed by atoms with Crippen molar-refractivity contribution in [1.82, 2.24) is 25.1 Å². The van der Waals surface area contributed by atoms with Gasteiger partial charge in [0.15, 0.2) is 5.82 Å². The third kappa shape index (κ3) is 5.37. The summed E-state index contributed by atoms with van der Waals surface area (Å²) in [5.41, 5.74) is 0.649. The summed E-state index contributed by atoms with van der Waals surface area (Å²) in [6.45, 7) is 2.19. The molecule has 0 radical (unpaired) electrons. The molecule has 0 unspecified atom stereocenters. The zero-order valence-corrected chi connectivity index (χ0v) is 16.8. The fourth-order valence-electron chi connectivity index (χ4n) is 2.96. The van der Waals surface area contributed by atoms with Crippen LogP contribution >= 0.6 is 12.4 Å². The number of ether oxygens (including phenoxy) is 1. The number of hydrogen-bond acceptors (Lipinski definition) is 6. The monoisotopic (exact) mass is 454 g/mol. The highest BCUT2D eigenvalue weighted by Gasteiger charge is 2.33. The Morgan fingerprint density at radius 2 is 2.00 bits per heavy atom. The number of morpholine rings is 1. The van der Waals surface area contributed by atoms with E-state index in [1.807, 2.05) is 12.1 Å². The number of rotatable bonds is 4. The lowest BCUT2D eigenvalue weighted by molar-refractivity contribution is -0.141. The van der Waals surface area contributed by atoms with Crippen LogP contribution in [0.5, 0.6) is 0 Å². The number of carbonyl (C=O) groups excluding carboxylic acids is 1. The lowest BCUT2D eigenvalue weighted by Gasteiger charge is -2.24. The molecular weight excluding hydrogens is 437 g/mol. The fourth-order valence-corrected chi connectivity index (χ4v) is 2.96. The predicted octanol–water partition coefficient (Wildman–Crippen LogP) is 3.02. The van der Waals surface area contributed by atoms with Gasteiger partial charge in [0.05, 0.1) is 24.5 Å². The molecule has 1 fully saturated rings. The van der Waals surface area contributed by atoms with Gasteiger partial charge in [-0.2, -0.15) is 18.3 Å². The SMILES string of the molecule is Cl.O=C(Nc1ccc([C@H]2CNCCO2)cc1)c1cnn(-c2cc(C(F)(F)F)ncn2)c1. The molecule has 1 aromatic carbocycles. The van der Waals surface area contributed by atoms with Crippen molar-refractivity contribution in [2.75, 3.05) is 25.0 Å². The molecule has 0 bridgehead atoms. The lowest BCUT2D eigenvalue weighted by atomic mass is 10.1. The molecule has 3 heterocycles. The molecular formula is C19H18ClF3N6O2. The zero-order valence-electron chi connectivity index (χ0n) is 16.0. The number of carbonyl (C=O) groups is 1. The molecule has 4 rings (SSSR count). The maximum atomic E-state index is 12.8. The van der Waals surface area contributed by atoms with Crippen LogP contribution in [-0.2, 0) is 10.9 Å². The van der Waals surface area contributed by atoms with Crippen molar-refractivity contribution in [3.05, 3.63) is 65.9 Å². The van der Waals surface area contributed by atoms with Gasteiger partial charge in [-0.3, -0.25) is 4.79 Å². The lowest BCUT2D eigenvalue weighted by Crippen LogP contribution is -2.33. The van der Waals surface area contributed by atoms with Gasteiger partial charge in [0.2, 0.25) is 0 Å². The fraction of sp³-hybridized carbons (Fsp3) is 0.263. The van der Waals surface area contributed by atoms with Crippen LogP contribution in [0.4, 0.5) is 18.9 Å². The van der Waals surface area contributed by atoms with E-state index < -0.39 is 17.8 Å². The van der Waals surface area contributed by atoms with Gasteiger partial charge in [0.1, 0.15) is 12.0 Å². The Labute approximate surface area is 181 Å². The highest BCUT2D eigenvalue weighted by molar-refractivity contribution is 6.03. The van der Waals surface area contributed by atoms with Crippen LogP contribution in [0.3, 0.4) is 0 Å². The van der Waals surface area contributed by atoms with Crippen molar-refractivity contribution >= 4 is 24.0 Å². The summed E-state index contributed by atoms with van der Waals surface area (Å²) >= 11 is 0. The van der Waals surface area contributed by atoms with Crippen LogP contribution in [0, 0.1) is 0 Å². The number of alkyl halides is 3. The quantitative estimate of drug-likeness (QED) is 0.629.